The normalized spacial score (nSPS) is 15.1. The fraction of sp³-hybridized carbons (Fsp3) is 0.450. The maximum Gasteiger partial charge on any atom is 0.332 e. The zero-order chi connectivity index (χ0) is 21.4. The summed E-state index contributed by atoms with van der Waals surface area (Å²) in [4.78, 5) is 31.9. The molecule has 1 atom stereocenters. The third-order valence-electron chi connectivity index (χ3n) is 5.37. The highest BCUT2D eigenvalue weighted by molar-refractivity contribution is 6.30. The van der Waals surface area contributed by atoms with Gasteiger partial charge >= 0.3 is 5.69 Å². The van der Waals surface area contributed by atoms with Gasteiger partial charge in [0, 0.05) is 32.2 Å². The molecule has 1 aliphatic heterocycles. The molecule has 0 spiro atoms. The summed E-state index contributed by atoms with van der Waals surface area (Å²) in [5.41, 5.74) is -0.253. The van der Waals surface area contributed by atoms with Crippen LogP contribution in [0, 0.1) is 0 Å². The third kappa shape index (κ3) is 3.70. The van der Waals surface area contributed by atoms with Crippen molar-refractivity contribution in [2.75, 3.05) is 24.6 Å². The molecule has 0 aliphatic carbocycles. The summed E-state index contributed by atoms with van der Waals surface area (Å²) in [6.45, 7) is 1.78. The highest BCUT2D eigenvalue weighted by Gasteiger charge is 2.25. The zero-order valence-electron chi connectivity index (χ0n) is 16.9. The van der Waals surface area contributed by atoms with Crippen molar-refractivity contribution in [3.05, 3.63) is 50.1 Å². The fourth-order valence-electron chi connectivity index (χ4n) is 3.75. The Balaban J connectivity index is 1.69. The van der Waals surface area contributed by atoms with E-state index in [0.717, 1.165) is 30.5 Å². The van der Waals surface area contributed by atoms with Crippen molar-refractivity contribution in [1.29, 1.82) is 0 Å². The summed E-state index contributed by atoms with van der Waals surface area (Å²) in [6, 6.07) is 6.87. The molecule has 1 N–H and O–H groups in total. The number of aromatic nitrogens is 4. The van der Waals surface area contributed by atoms with Crippen LogP contribution in [0.1, 0.15) is 12.8 Å². The van der Waals surface area contributed by atoms with Gasteiger partial charge in [-0.1, -0.05) is 11.6 Å². The molecule has 0 amide bonds. The van der Waals surface area contributed by atoms with Crippen molar-refractivity contribution >= 4 is 28.7 Å². The molecule has 0 saturated carbocycles. The monoisotopic (exact) mass is 433 g/mol. The number of rotatable bonds is 6. The Labute approximate surface area is 177 Å². The number of fused-ring (bicyclic) bond motifs is 1. The van der Waals surface area contributed by atoms with Crippen LogP contribution >= 0.6 is 11.6 Å². The Hall–Kier alpha value is -2.78. The van der Waals surface area contributed by atoms with Crippen LogP contribution in [0.3, 0.4) is 0 Å². The van der Waals surface area contributed by atoms with Crippen LogP contribution in [0.2, 0.25) is 5.02 Å². The number of anilines is 1. The van der Waals surface area contributed by atoms with E-state index in [-0.39, 0.29) is 13.2 Å². The van der Waals surface area contributed by atoms with E-state index in [1.165, 1.54) is 11.6 Å². The molecule has 1 saturated heterocycles. The second-order valence-electron chi connectivity index (χ2n) is 7.51. The highest BCUT2D eigenvalue weighted by Crippen LogP contribution is 2.24. The summed E-state index contributed by atoms with van der Waals surface area (Å²) in [7, 11) is 3.03. The topological polar surface area (TPSA) is 94.5 Å². The lowest BCUT2D eigenvalue weighted by Gasteiger charge is -2.20. The van der Waals surface area contributed by atoms with Gasteiger partial charge in [0.2, 0.25) is 5.95 Å². The minimum atomic E-state index is -0.888. The summed E-state index contributed by atoms with van der Waals surface area (Å²) in [6.07, 6.45) is 1.17. The fourth-order valence-corrected chi connectivity index (χ4v) is 3.88. The van der Waals surface area contributed by atoms with Gasteiger partial charge < -0.3 is 19.3 Å². The molecule has 1 unspecified atom stereocenters. The second-order valence-corrected chi connectivity index (χ2v) is 7.95. The molecule has 10 heteroatoms. The lowest BCUT2D eigenvalue weighted by molar-refractivity contribution is 0.0936. The van der Waals surface area contributed by atoms with Crippen LogP contribution in [0.4, 0.5) is 5.95 Å². The average Bonchev–Trinajstić information content (AvgIpc) is 3.38. The Kier molecular flexibility index (Phi) is 5.57. The number of hydrogen-bond acceptors (Lipinski definition) is 6. The number of ether oxygens (including phenoxy) is 1. The SMILES string of the molecule is Cn1c(=O)c2c(nc(N3CCCC3)n2CC(O)COc2ccc(Cl)cc2)n(C)c1=O. The van der Waals surface area contributed by atoms with Crippen molar-refractivity contribution in [3.63, 3.8) is 0 Å². The van der Waals surface area contributed by atoms with Crippen LogP contribution < -0.4 is 20.9 Å². The van der Waals surface area contributed by atoms with Gasteiger partial charge in [-0.05, 0) is 37.1 Å². The van der Waals surface area contributed by atoms with Gasteiger partial charge in [-0.25, -0.2) is 4.79 Å². The van der Waals surface area contributed by atoms with Gasteiger partial charge in [0.15, 0.2) is 11.2 Å². The summed E-state index contributed by atoms with van der Waals surface area (Å²) < 4.78 is 9.78. The molecule has 3 aromatic rings. The van der Waals surface area contributed by atoms with Crippen molar-refractivity contribution in [1.82, 2.24) is 18.7 Å². The van der Waals surface area contributed by atoms with Crippen molar-refractivity contribution in [3.8, 4) is 5.75 Å². The largest absolute Gasteiger partial charge is 0.491 e. The van der Waals surface area contributed by atoms with Gasteiger partial charge in [0.1, 0.15) is 18.5 Å². The molecular weight excluding hydrogens is 410 g/mol. The van der Waals surface area contributed by atoms with E-state index >= 15 is 0 Å². The Morgan fingerprint density at radius 1 is 1.13 bits per heavy atom. The van der Waals surface area contributed by atoms with E-state index < -0.39 is 17.4 Å². The van der Waals surface area contributed by atoms with Crippen LogP contribution in [-0.4, -0.2) is 49.6 Å². The van der Waals surface area contributed by atoms with Crippen molar-refractivity contribution in [2.45, 2.75) is 25.5 Å². The van der Waals surface area contributed by atoms with Crippen molar-refractivity contribution in [2.24, 2.45) is 14.1 Å². The molecule has 1 aliphatic rings. The Morgan fingerprint density at radius 2 is 1.80 bits per heavy atom. The van der Waals surface area contributed by atoms with Gasteiger partial charge in [-0.15, -0.1) is 0 Å². The molecule has 0 bridgehead atoms. The second kappa shape index (κ2) is 8.16. The van der Waals surface area contributed by atoms with E-state index in [4.69, 9.17) is 16.3 Å². The minimum absolute atomic E-state index is 0.0345. The highest BCUT2D eigenvalue weighted by atomic mass is 35.5. The molecular formula is C20H24ClN5O4. The number of halogens is 1. The van der Waals surface area contributed by atoms with Crippen LogP contribution in [0.15, 0.2) is 33.9 Å². The van der Waals surface area contributed by atoms with E-state index in [1.54, 1.807) is 35.9 Å². The smallest absolute Gasteiger partial charge is 0.332 e. The molecule has 9 nitrogen and oxygen atoms in total. The van der Waals surface area contributed by atoms with E-state index in [1.807, 2.05) is 0 Å². The van der Waals surface area contributed by atoms with Crippen LogP contribution in [0.25, 0.3) is 11.2 Å². The average molecular weight is 434 g/mol. The van der Waals surface area contributed by atoms with Gasteiger partial charge in [0.25, 0.3) is 5.56 Å². The predicted octanol–water partition coefficient (Wildman–Crippen LogP) is 1.13. The Bertz CT molecular complexity index is 1180. The molecule has 4 rings (SSSR count). The van der Waals surface area contributed by atoms with Gasteiger partial charge in [0.05, 0.1) is 6.54 Å². The number of hydrogen-bond donors (Lipinski definition) is 1. The van der Waals surface area contributed by atoms with E-state index in [0.29, 0.717) is 27.9 Å². The first-order valence-corrected chi connectivity index (χ1v) is 10.2. The molecule has 30 heavy (non-hydrogen) atoms. The molecule has 1 aromatic carbocycles. The summed E-state index contributed by atoms with van der Waals surface area (Å²) >= 11 is 5.88. The maximum absolute atomic E-state index is 12.9. The number of aliphatic hydroxyl groups excluding tert-OH is 1. The number of imidazole rings is 1. The molecule has 1 fully saturated rings. The number of aliphatic hydroxyl groups is 1. The zero-order valence-corrected chi connectivity index (χ0v) is 17.7. The number of nitrogens with zero attached hydrogens (tertiary/aromatic N) is 5. The van der Waals surface area contributed by atoms with Crippen LogP contribution in [0.5, 0.6) is 5.75 Å². The van der Waals surface area contributed by atoms with E-state index in [2.05, 4.69) is 9.88 Å². The number of aryl methyl sites for hydroxylation is 1. The molecule has 3 heterocycles. The predicted molar refractivity (Wildman–Crippen MR) is 115 cm³/mol. The van der Waals surface area contributed by atoms with Crippen molar-refractivity contribution < 1.29 is 9.84 Å². The number of benzene rings is 1. The third-order valence-corrected chi connectivity index (χ3v) is 5.62. The lowest BCUT2D eigenvalue weighted by atomic mass is 10.3. The molecule has 160 valence electrons. The first kappa shape index (κ1) is 20.5. The minimum Gasteiger partial charge on any atom is -0.491 e. The summed E-state index contributed by atoms with van der Waals surface area (Å²) in [5, 5.41) is 11.3. The van der Waals surface area contributed by atoms with Gasteiger partial charge in [-0.2, -0.15) is 4.98 Å². The molecule has 2 aromatic heterocycles. The standard InChI is InChI=1S/C20H24ClN5O4/c1-23-17-16(18(28)24(2)20(23)29)26(19(22-17)25-9-3-4-10-25)11-14(27)12-30-15-7-5-13(21)6-8-15/h5-8,14,27H,3-4,9-12H2,1-2H3. The summed E-state index contributed by atoms with van der Waals surface area (Å²) in [5.74, 6) is 1.18. The van der Waals surface area contributed by atoms with Crippen LogP contribution in [-0.2, 0) is 20.6 Å². The quantitative estimate of drug-likeness (QED) is 0.626. The van der Waals surface area contributed by atoms with E-state index in [9.17, 15) is 14.7 Å². The van der Waals surface area contributed by atoms with Gasteiger partial charge in [-0.3, -0.25) is 13.9 Å². The maximum atomic E-state index is 12.9. The first-order valence-electron chi connectivity index (χ1n) is 9.84. The first-order chi connectivity index (χ1) is 14.4. The lowest BCUT2D eigenvalue weighted by Crippen LogP contribution is -2.38. The molecule has 0 radical (unpaired) electrons. The Morgan fingerprint density at radius 3 is 2.47 bits per heavy atom.